The van der Waals surface area contributed by atoms with Crippen LogP contribution in [-0.4, -0.2) is 52.2 Å². The van der Waals surface area contributed by atoms with Crippen molar-refractivity contribution >= 4 is 11.7 Å². The number of carbonyl (C=O) groups excluding carboxylic acids is 2. The van der Waals surface area contributed by atoms with Crippen molar-refractivity contribution in [3.63, 3.8) is 0 Å². The minimum absolute atomic E-state index is 0.00887. The van der Waals surface area contributed by atoms with E-state index in [1.165, 1.54) is 5.69 Å². The second-order valence-electron chi connectivity index (χ2n) is 7.56. The van der Waals surface area contributed by atoms with Crippen LogP contribution in [0.4, 0.5) is 0 Å². The van der Waals surface area contributed by atoms with Gasteiger partial charge in [-0.1, -0.05) is 6.42 Å². The van der Waals surface area contributed by atoms with E-state index in [1.807, 2.05) is 16.6 Å². The number of rotatable bonds is 2. The first kappa shape index (κ1) is 16.8. The van der Waals surface area contributed by atoms with Gasteiger partial charge in [0, 0.05) is 37.2 Å². The normalized spacial score (nSPS) is 27.2. The molecule has 1 saturated carbocycles. The number of hydrogen-bond acceptors (Lipinski definition) is 4. The molecular weight excluding hydrogens is 318 g/mol. The van der Waals surface area contributed by atoms with Crippen LogP contribution in [0.15, 0.2) is 0 Å². The first-order valence-electron chi connectivity index (χ1n) is 9.63. The summed E-state index contributed by atoms with van der Waals surface area (Å²) in [7, 11) is 1.93. The predicted molar refractivity (Wildman–Crippen MR) is 92.5 cm³/mol. The first-order valence-corrected chi connectivity index (χ1v) is 9.63. The highest BCUT2D eigenvalue weighted by atomic mass is 16.5. The van der Waals surface area contributed by atoms with E-state index in [0.717, 1.165) is 50.5 Å². The molecular formula is C19H27N3O3. The lowest BCUT2D eigenvalue weighted by atomic mass is 9.82. The number of ether oxygens (including phenoxy) is 1. The Hall–Kier alpha value is -1.69. The number of ketones is 1. The highest BCUT2D eigenvalue weighted by Gasteiger charge is 2.40. The molecule has 6 heteroatoms. The highest BCUT2D eigenvalue weighted by molar-refractivity contribution is 5.95. The largest absolute Gasteiger partial charge is 0.377 e. The third-order valence-corrected chi connectivity index (χ3v) is 6.06. The Morgan fingerprint density at radius 1 is 1.16 bits per heavy atom. The van der Waals surface area contributed by atoms with Gasteiger partial charge in [0.15, 0.2) is 5.69 Å². The van der Waals surface area contributed by atoms with Crippen molar-refractivity contribution in [2.75, 3.05) is 19.8 Å². The molecule has 0 aromatic carbocycles. The third kappa shape index (κ3) is 3.01. The predicted octanol–water partition coefficient (Wildman–Crippen LogP) is 1.90. The van der Waals surface area contributed by atoms with Gasteiger partial charge in [0.05, 0.1) is 19.3 Å². The lowest BCUT2D eigenvalue weighted by Gasteiger charge is -2.40. The maximum atomic E-state index is 13.3. The second kappa shape index (κ2) is 6.90. The fraction of sp³-hybridized carbons (Fsp3) is 0.737. The van der Waals surface area contributed by atoms with Gasteiger partial charge in [-0.2, -0.15) is 5.10 Å². The molecule has 4 rings (SSSR count). The second-order valence-corrected chi connectivity index (χ2v) is 7.56. The van der Waals surface area contributed by atoms with Crippen LogP contribution in [0.3, 0.4) is 0 Å². The Bertz CT molecular complexity index is 682. The molecule has 0 bridgehead atoms. The minimum atomic E-state index is -0.129. The fourth-order valence-electron chi connectivity index (χ4n) is 4.71. The van der Waals surface area contributed by atoms with Crippen molar-refractivity contribution in [2.45, 2.75) is 57.4 Å². The Balaban J connectivity index is 1.62. The van der Waals surface area contributed by atoms with Gasteiger partial charge in [-0.05, 0) is 38.5 Å². The summed E-state index contributed by atoms with van der Waals surface area (Å²) < 4.78 is 7.52. The number of amides is 1. The van der Waals surface area contributed by atoms with Crippen molar-refractivity contribution in [1.29, 1.82) is 0 Å². The molecule has 1 amide bonds. The van der Waals surface area contributed by atoms with Crippen molar-refractivity contribution in [1.82, 2.24) is 14.7 Å². The smallest absolute Gasteiger partial charge is 0.275 e. The van der Waals surface area contributed by atoms with Crippen LogP contribution < -0.4 is 0 Å². The number of fused-ring (bicyclic) bond motifs is 1. The Morgan fingerprint density at radius 3 is 2.80 bits per heavy atom. The van der Waals surface area contributed by atoms with Crippen LogP contribution in [0.2, 0.25) is 0 Å². The molecule has 25 heavy (non-hydrogen) atoms. The maximum absolute atomic E-state index is 13.3. The van der Waals surface area contributed by atoms with Crippen LogP contribution in [0.5, 0.6) is 0 Å². The van der Waals surface area contributed by atoms with Gasteiger partial charge in [0.2, 0.25) is 0 Å². The van der Waals surface area contributed by atoms with Gasteiger partial charge in [-0.15, -0.1) is 0 Å². The molecule has 0 unspecified atom stereocenters. The molecule has 2 fully saturated rings. The van der Waals surface area contributed by atoms with Crippen molar-refractivity contribution in [3.8, 4) is 0 Å². The topological polar surface area (TPSA) is 64.4 Å². The SMILES string of the molecule is Cn1nc(C(=O)N2CCOC[C@@H]2[C@H]2CCCCC2=O)c2c1CCCC2. The number of carbonyl (C=O) groups is 2. The van der Waals surface area contributed by atoms with Gasteiger partial charge < -0.3 is 9.64 Å². The maximum Gasteiger partial charge on any atom is 0.275 e. The molecule has 1 saturated heterocycles. The molecule has 3 aliphatic rings. The van der Waals surface area contributed by atoms with E-state index in [-0.39, 0.29) is 17.9 Å². The number of aryl methyl sites for hydroxylation is 1. The minimum Gasteiger partial charge on any atom is -0.377 e. The molecule has 1 aliphatic heterocycles. The Kier molecular flexibility index (Phi) is 4.63. The molecule has 1 aromatic rings. The summed E-state index contributed by atoms with van der Waals surface area (Å²) in [5.74, 6) is 0.213. The Morgan fingerprint density at radius 2 is 1.96 bits per heavy atom. The van der Waals surface area contributed by atoms with Gasteiger partial charge >= 0.3 is 0 Å². The molecule has 1 aromatic heterocycles. The van der Waals surface area contributed by atoms with Gasteiger partial charge in [0.1, 0.15) is 5.78 Å². The summed E-state index contributed by atoms with van der Waals surface area (Å²) >= 11 is 0. The zero-order valence-electron chi connectivity index (χ0n) is 15.0. The van der Waals surface area contributed by atoms with Crippen molar-refractivity contribution < 1.29 is 14.3 Å². The summed E-state index contributed by atoms with van der Waals surface area (Å²) in [5, 5.41) is 4.57. The summed E-state index contributed by atoms with van der Waals surface area (Å²) in [6.07, 6.45) is 7.77. The van der Waals surface area contributed by atoms with Crippen molar-refractivity contribution in [3.05, 3.63) is 17.0 Å². The van der Waals surface area contributed by atoms with Crippen LogP contribution in [0, 0.1) is 5.92 Å². The van der Waals surface area contributed by atoms with Crippen LogP contribution in [0.25, 0.3) is 0 Å². The average molecular weight is 345 g/mol. The lowest BCUT2D eigenvalue weighted by Crippen LogP contribution is -2.54. The van der Waals surface area contributed by atoms with Gasteiger partial charge in [0.25, 0.3) is 5.91 Å². The average Bonchev–Trinajstić information content (AvgIpc) is 2.99. The van der Waals surface area contributed by atoms with E-state index in [2.05, 4.69) is 5.10 Å². The highest BCUT2D eigenvalue weighted by Crippen LogP contribution is 2.30. The number of nitrogens with zero attached hydrogens (tertiary/aromatic N) is 3. The number of morpholine rings is 1. The quantitative estimate of drug-likeness (QED) is 0.821. The molecule has 136 valence electrons. The monoisotopic (exact) mass is 345 g/mol. The van der Waals surface area contributed by atoms with Crippen LogP contribution in [-0.2, 0) is 29.4 Å². The molecule has 0 spiro atoms. The zero-order valence-corrected chi connectivity index (χ0v) is 15.0. The molecule has 2 aliphatic carbocycles. The van der Waals surface area contributed by atoms with Crippen molar-refractivity contribution in [2.24, 2.45) is 13.0 Å². The van der Waals surface area contributed by atoms with E-state index < -0.39 is 0 Å². The van der Waals surface area contributed by atoms with Crippen LogP contribution in [0.1, 0.15) is 60.3 Å². The number of aromatic nitrogens is 2. The van der Waals surface area contributed by atoms with E-state index in [0.29, 0.717) is 37.7 Å². The summed E-state index contributed by atoms with van der Waals surface area (Å²) in [5.41, 5.74) is 2.93. The molecule has 0 radical (unpaired) electrons. The molecule has 6 nitrogen and oxygen atoms in total. The first-order chi connectivity index (χ1) is 12.2. The third-order valence-electron chi connectivity index (χ3n) is 6.06. The van der Waals surface area contributed by atoms with Gasteiger partial charge in [-0.25, -0.2) is 0 Å². The number of Topliss-reactive ketones (excluding diaryl/α,β-unsaturated/α-hetero) is 1. The zero-order chi connectivity index (χ0) is 17.4. The van der Waals surface area contributed by atoms with E-state index in [4.69, 9.17) is 4.74 Å². The lowest BCUT2D eigenvalue weighted by molar-refractivity contribution is -0.129. The van der Waals surface area contributed by atoms with E-state index in [1.54, 1.807) is 0 Å². The molecule has 0 N–H and O–H groups in total. The van der Waals surface area contributed by atoms with Crippen LogP contribution >= 0.6 is 0 Å². The van der Waals surface area contributed by atoms with E-state index >= 15 is 0 Å². The number of hydrogen-bond donors (Lipinski definition) is 0. The fourth-order valence-corrected chi connectivity index (χ4v) is 4.71. The standard InChI is InChI=1S/C19H27N3O3/c1-21-15-8-4-2-7-14(15)18(20-21)19(24)22-10-11-25-12-16(22)13-6-3-5-9-17(13)23/h13,16H,2-12H2,1H3/t13-,16-/m1/s1. The summed E-state index contributed by atoms with van der Waals surface area (Å²) in [6, 6.07) is -0.129. The molecule has 2 atom stereocenters. The van der Waals surface area contributed by atoms with E-state index in [9.17, 15) is 9.59 Å². The Labute approximate surface area is 148 Å². The summed E-state index contributed by atoms with van der Waals surface area (Å²) in [4.78, 5) is 27.6. The van der Waals surface area contributed by atoms with Gasteiger partial charge in [-0.3, -0.25) is 14.3 Å². The summed E-state index contributed by atoms with van der Waals surface area (Å²) in [6.45, 7) is 1.56. The molecule has 2 heterocycles.